The van der Waals surface area contributed by atoms with E-state index in [2.05, 4.69) is 71.8 Å². The minimum absolute atomic E-state index is 0.208. The number of hydrogen-bond donors (Lipinski definition) is 2. The monoisotopic (exact) mass is 348 g/mol. The lowest BCUT2D eigenvalue weighted by Crippen LogP contribution is -2.49. The van der Waals surface area contributed by atoms with E-state index in [0.29, 0.717) is 6.04 Å². The maximum absolute atomic E-state index is 4.35. The zero-order chi connectivity index (χ0) is 17.6. The molecule has 1 aromatic rings. The number of fused-ring (bicyclic) bond motifs is 1. The Hall–Kier alpha value is -1.20. The first kappa shape index (κ1) is 19.1. The number of nitrogens with zero attached hydrogens (tertiary/aromatic N) is 2. The van der Waals surface area contributed by atoms with Gasteiger partial charge in [-0.1, -0.05) is 24.3 Å². The van der Waals surface area contributed by atoms with Crippen LogP contribution >= 0.6 is 11.8 Å². The number of guanidine groups is 1. The highest BCUT2D eigenvalue weighted by atomic mass is 32.2. The first-order chi connectivity index (χ1) is 11.4. The van der Waals surface area contributed by atoms with Gasteiger partial charge in [-0.3, -0.25) is 9.89 Å². The summed E-state index contributed by atoms with van der Waals surface area (Å²) in [6, 6.07) is 9.28. The molecule has 0 radical (unpaired) electrons. The molecule has 0 amide bonds. The van der Waals surface area contributed by atoms with Crippen molar-refractivity contribution in [3.63, 3.8) is 0 Å². The smallest absolute Gasteiger partial charge is 0.191 e. The molecule has 1 aliphatic rings. The minimum Gasteiger partial charge on any atom is -0.355 e. The number of benzene rings is 1. The Kier molecular flexibility index (Phi) is 6.99. The highest BCUT2D eigenvalue weighted by Crippen LogP contribution is 2.20. The van der Waals surface area contributed by atoms with Crippen LogP contribution in [0.5, 0.6) is 0 Å². The van der Waals surface area contributed by atoms with Crippen molar-refractivity contribution >= 4 is 17.7 Å². The summed E-state index contributed by atoms with van der Waals surface area (Å²) < 4.78 is 0.208. The van der Waals surface area contributed by atoms with E-state index in [9.17, 15) is 0 Å². The van der Waals surface area contributed by atoms with Crippen LogP contribution in [-0.2, 0) is 13.0 Å². The highest BCUT2D eigenvalue weighted by molar-refractivity contribution is 7.99. The summed E-state index contributed by atoms with van der Waals surface area (Å²) in [6.07, 6.45) is 3.30. The van der Waals surface area contributed by atoms with Gasteiger partial charge in [-0.25, -0.2) is 0 Å². The molecule has 24 heavy (non-hydrogen) atoms. The van der Waals surface area contributed by atoms with Crippen LogP contribution in [0.4, 0.5) is 0 Å². The second kappa shape index (κ2) is 8.77. The second-order valence-corrected chi connectivity index (χ2v) is 8.62. The van der Waals surface area contributed by atoms with Gasteiger partial charge in [-0.05, 0) is 44.6 Å². The summed E-state index contributed by atoms with van der Waals surface area (Å²) >= 11 is 1.87. The lowest BCUT2D eigenvalue weighted by atomic mass is 9.99. The van der Waals surface area contributed by atoms with Gasteiger partial charge in [0.2, 0.25) is 0 Å². The van der Waals surface area contributed by atoms with Crippen LogP contribution in [0, 0.1) is 0 Å². The van der Waals surface area contributed by atoms with Crippen LogP contribution in [-0.4, -0.2) is 54.6 Å². The van der Waals surface area contributed by atoms with Crippen molar-refractivity contribution in [2.75, 3.05) is 32.9 Å². The van der Waals surface area contributed by atoms with Crippen molar-refractivity contribution in [1.82, 2.24) is 15.5 Å². The van der Waals surface area contributed by atoms with E-state index in [1.54, 1.807) is 0 Å². The average Bonchev–Trinajstić information content (AvgIpc) is 2.61. The van der Waals surface area contributed by atoms with Crippen molar-refractivity contribution in [3.05, 3.63) is 35.4 Å². The summed E-state index contributed by atoms with van der Waals surface area (Å²) in [5, 5.41) is 6.91. The fraction of sp³-hybridized carbons (Fsp3) is 0.632. The first-order valence-corrected chi connectivity index (χ1v) is 9.98. The van der Waals surface area contributed by atoms with E-state index in [1.165, 1.54) is 11.1 Å². The topological polar surface area (TPSA) is 39.7 Å². The molecule has 0 aromatic heterocycles. The lowest BCUT2D eigenvalue weighted by molar-refractivity contribution is 0.191. The molecule has 2 rings (SSSR count). The van der Waals surface area contributed by atoms with E-state index in [1.807, 2.05) is 18.8 Å². The Morgan fingerprint density at radius 2 is 2.00 bits per heavy atom. The molecule has 0 saturated carbocycles. The van der Waals surface area contributed by atoms with E-state index >= 15 is 0 Å². The van der Waals surface area contributed by atoms with E-state index < -0.39 is 0 Å². The third kappa shape index (κ3) is 5.42. The largest absolute Gasteiger partial charge is 0.355 e. The Labute approximate surface area is 151 Å². The zero-order valence-electron chi connectivity index (χ0n) is 15.7. The van der Waals surface area contributed by atoms with Gasteiger partial charge < -0.3 is 10.6 Å². The Morgan fingerprint density at radius 1 is 1.29 bits per heavy atom. The summed E-state index contributed by atoms with van der Waals surface area (Å²) in [4.78, 5) is 6.90. The molecule has 2 N–H and O–H groups in total. The summed E-state index contributed by atoms with van der Waals surface area (Å²) in [7, 11) is 1.84. The maximum atomic E-state index is 4.35. The van der Waals surface area contributed by atoms with Crippen molar-refractivity contribution in [1.29, 1.82) is 0 Å². The number of aliphatic imine (C=N–C) groups is 1. The van der Waals surface area contributed by atoms with Gasteiger partial charge >= 0.3 is 0 Å². The summed E-state index contributed by atoms with van der Waals surface area (Å²) in [5.41, 5.74) is 2.98. The Bertz CT molecular complexity index is 556. The van der Waals surface area contributed by atoms with E-state index in [0.717, 1.165) is 38.6 Å². The third-order valence-corrected chi connectivity index (χ3v) is 6.06. The van der Waals surface area contributed by atoms with Crippen molar-refractivity contribution in [3.8, 4) is 0 Å². The molecule has 0 aliphatic carbocycles. The molecule has 1 atom stereocenters. The maximum Gasteiger partial charge on any atom is 0.191 e. The van der Waals surface area contributed by atoms with Crippen LogP contribution < -0.4 is 10.6 Å². The molecule has 0 bridgehead atoms. The normalized spacial score (nSPS) is 17.3. The van der Waals surface area contributed by atoms with Crippen molar-refractivity contribution in [2.24, 2.45) is 4.99 Å². The first-order valence-electron chi connectivity index (χ1n) is 8.75. The standard InChI is InChI=1S/C19H32N4S/c1-15(12-21-18(20-4)22-14-19(2,3)24-5)23-11-10-16-8-6-7-9-17(16)13-23/h6-9,15H,10-14H2,1-5H3,(H2,20,21,22). The van der Waals surface area contributed by atoms with Crippen LogP contribution in [0.15, 0.2) is 29.3 Å². The molecular formula is C19H32N4S. The molecule has 0 saturated heterocycles. The van der Waals surface area contributed by atoms with Gasteiger partial charge in [-0.2, -0.15) is 11.8 Å². The van der Waals surface area contributed by atoms with E-state index in [-0.39, 0.29) is 4.75 Å². The summed E-state index contributed by atoms with van der Waals surface area (Å²) in [5.74, 6) is 0.890. The van der Waals surface area contributed by atoms with Gasteiger partial charge in [0.15, 0.2) is 5.96 Å². The second-order valence-electron chi connectivity index (χ2n) is 7.11. The van der Waals surface area contributed by atoms with Gasteiger partial charge in [0, 0.05) is 44.0 Å². The van der Waals surface area contributed by atoms with Crippen molar-refractivity contribution in [2.45, 2.75) is 44.5 Å². The van der Waals surface area contributed by atoms with Gasteiger partial charge in [0.1, 0.15) is 0 Å². The van der Waals surface area contributed by atoms with Crippen LogP contribution in [0.25, 0.3) is 0 Å². The number of rotatable bonds is 6. The van der Waals surface area contributed by atoms with Crippen LogP contribution in [0.2, 0.25) is 0 Å². The van der Waals surface area contributed by atoms with E-state index in [4.69, 9.17) is 0 Å². The fourth-order valence-corrected chi connectivity index (χ4v) is 3.07. The molecule has 0 fully saturated rings. The molecule has 1 aromatic carbocycles. The zero-order valence-corrected chi connectivity index (χ0v) is 16.5. The molecule has 134 valence electrons. The minimum atomic E-state index is 0.208. The van der Waals surface area contributed by atoms with Crippen molar-refractivity contribution < 1.29 is 0 Å². The molecule has 1 heterocycles. The molecule has 0 spiro atoms. The molecular weight excluding hydrogens is 316 g/mol. The lowest BCUT2D eigenvalue weighted by Gasteiger charge is -2.34. The predicted octanol–water partition coefficient (Wildman–Crippen LogP) is 2.74. The van der Waals surface area contributed by atoms with Gasteiger partial charge in [0.05, 0.1) is 0 Å². The Morgan fingerprint density at radius 3 is 2.67 bits per heavy atom. The molecule has 1 unspecified atom stereocenters. The predicted molar refractivity (Wildman–Crippen MR) is 107 cm³/mol. The average molecular weight is 349 g/mol. The third-order valence-electron chi connectivity index (χ3n) is 4.81. The molecule has 1 aliphatic heterocycles. The number of hydrogen-bond acceptors (Lipinski definition) is 3. The summed E-state index contributed by atoms with van der Waals surface area (Å²) in [6.45, 7) is 10.8. The highest BCUT2D eigenvalue weighted by Gasteiger charge is 2.21. The fourth-order valence-electron chi connectivity index (χ4n) is 2.86. The van der Waals surface area contributed by atoms with Crippen LogP contribution in [0.3, 0.4) is 0 Å². The molecule has 4 nitrogen and oxygen atoms in total. The molecule has 5 heteroatoms. The quantitative estimate of drug-likeness (QED) is 0.613. The van der Waals surface area contributed by atoms with Gasteiger partial charge in [0.25, 0.3) is 0 Å². The Balaban J connectivity index is 1.81. The van der Waals surface area contributed by atoms with Gasteiger partial charge in [-0.15, -0.1) is 0 Å². The number of nitrogens with one attached hydrogen (secondary N) is 2. The van der Waals surface area contributed by atoms with Crippen LogP contribution in [0.1, 0.15) is 31.9 Å². The SMILES string of the molecule is CN=C(NCC(C)N1CCc2ccccc2C1)NCC(C)(C)SC. The number of thioether (sulfide) groups is 1.